The lowest BCUT2D eigenvalue weighted by atomic mass is 9.99. The number of hydrogen-bond acceptors (Lipinski definition) is 2. The van der Waals surface area contributed by atoms with Crippen LogP contribution in [0.15, 0.2) is 12.1 Å². The molecule has 2 heteroatoms. The fourth-order valence-corrected chi connectivity index (χ4v) is 2.72. The summed E-state index contributed by atoms with van der Waals surface area (Å²) in [6.07, 6.45) is 4.88. The van der Waals surface area contributed by atoms with Gasteiger partial charge in [0.05, 0.1) is 0 Å². The van der Waals surface area contributed by atoms with Crippen molar-refractivity contribution in [3.05, 3.63) is 28.8 Å². The van der Waals surface area contributed by atoms with Gasteiger partial charge in [-0.3, -0.25) is 0 Å². The summed E-state index contributed by atoms with van der Waals surface area (Å²) < 4.78 is 0. The molecular formula is C15H24N2. The first-order chi connectivity index (χ1) is 8.22. The van der Waals surface area contributed by atoms with Crippen LogP contribution in [0.5, 0.6) is 0 Å². The van der Waals surface area contributed by atoms with Crippen molar-refractivity contribution in [1.29, 1.82) is 0 Å². The highest BCUT2D eigenvalue weighted by molar-refractivity contribution is 5.57. The number of anilines is 1. The molecule has 1 aromatic carbocycles. The Balaban J connectivity index is 2.21. The van der Waals surface area contributed by atoms with Crippen molar-refractivity contribution >= 4 is 5.69 Å². The summed E-state index contributed by atoms with van der Waals surface area (Å²) in [7, 11) is 0. The Labute approximate surface area is 105 Å². The topological polar surface area (TPSA) is 29.3 Å². The molecule has 0 unspecified atom stereocenters. The summed E-state index contributed by atoms with van der Waals surface area (Å²) >= 11 is 0. The van der Waals surface area contributed by atoms with E-state index in [-0.39, 0.29) is 0 Å². The van der Waals surface area contributed by atoms with Crippen LogP contribution in [0.2, 0.25) is 0 Å². The van der Waals surface area contributed by atoms with E-state index in [4.69, 9.17) is 5.73 Å². The monoisotopic (exact) mass is 232 g/mol. The third kappa shape index (κ3) is 2.81. The second kappa shape index (κ2) is 5.54. The summed E-state index contributed by atoms with van der Waals surface area (Å²) in [5.74, 6) is 0. The second-order valence-corrected chi connectivity index (χ2v) is 5.15. The van der Waals surface area contributed by atoms with Crippen molar-refractivity contribution in [2.24, 2.45) is 5.73 Å². The van der Waals surface area contributed by atoms with Crippen LogP contribution in [-0.2, 0) is 6.42 Å². The summed E-state index contributed by atoms with van der Waals surface area (Å²) in [4.78, 5) is 2.52. The molecule has 1 aliphatic heterocycles. The molecule has 1 saturated heterocycles. The standard InChI is InChI=1S/C15H24N2/c1-12-11-15(17-8-3-4-9-17)13(2)10-14(12)6-5-7-16/h10-11H,3-9,16H2,1-2H3. The molecule has 1 aromatic rings. The van der Waals surface area contributed by atoms with Gasteiger partial charge >= 0.3 is 0 Å². The number of hydrogen-bond donors (Lipinski definition) is 1. The van der Waals surface area contributed by atoms with Crippen molar-refractivity contribution in [2.45, 2.75) is 39.5 Å². The fourth-order valence-electron chi connectivity index (χ4n) is 2.72. The van der Waals surface area contributed by atoms with Crippen molar-refractivity contribution in [3.8, 4) is 0 Å². The molecular weight excluding hydrogens is 208 g/mol. The minimum absolute atomic E-state index is 0.784. The maximum absolute atomic E-state index is 5.59. The van der Waals surface area contributed by atoms with Gasteiger partial charge in [-0.1, -0.05) is 6.07 Å². The van der Waals surface area contributed by atoms with Crippen LogP contribution in [0.4, 0.5) is 5.69 Å². The minimum Gasteiger partial charge on any atom is -0.371 e. The molecule has 1 heterocycles. The van der Waals surface area contributed by atoms with E-state index in [2.05, 4.69) is 30.9 Å². The molecule has 2 nitrogen and oxygen atoms in total. The third-order valence-corrected chi connectivity index (χ3v) is 3.75. The van der Waals surface area contributed by atoms with Crippen LogP contribution < -0.4 is 10.6 Å². The minimum atomic E-state index is 0.784. The molecule has 0 amide bonds. The first-order valence-electron chi connectivity index (χ1n) is 6.77. The van der Waals surface area contributed by atoms with Gasteiger partial charge in [-0.2, -0.15) is 0 Å². The zero-order valence-electron chi connectivity index (χ0n) is 11.1. The van der Waals surface area contributed by atoms with Crippen LogP contribution in [-0.4, -0.2) is 19.6 Å². The maximum atomic E-state index is 5.59. The summed E-state index contributed by atoms with van der Waals surface area (Å²) in [5.41, 5.74) is 11.3. The number of nitrogens with two attached hydrogens (primary N) is 1. The van der Waals surface area contributed by atoms with Gasteiger partial charge in [0.15, 0.2) is 0 Å². The highest BCUT2D eigenvalue weighted by Crippen LogP contribution is 2.27. The number of aryl methyl sites for hydroxylation is 3. The van der Waals surface area contributed by atoms with Crippen molar-refractivity contribution in [1.82, 2.24) is 0 Å². The molecule has 2 rings (SSSR count). The van der Waals surface area contributed by atoms with Crippen LogP contribution >= 0.6 is 0 Å². The van der Waals surface area contributed by atoms with E-state index in [1.807, 2.05) is 0 Å². The molecule has 0 atom stereocenters. The Morgan fingerprint density at radius 1 is 1.12 bits per heavy atom. The van der Waals surface area contributed by atoms with Gasteiger partial charge in [0, 0.05) is 18.8 Å². The Morgan fingerprint density at radius 2 is 1.82 bits per heavy atom. The lowest BCUT2D eigenvalue weighted by molar-refractivity contribution is 0.826. The summed E-state index contributed by atoms with van der Waals surface area (Å²) in [6, 6.07) is 4.73. The summed E-state index contributed by atoms with van der Waals surface area (Å²) in [5, 5.41) is 0. The van der Waals surface area contributed by atoms with Crippen LogP contribution in [0, 0.1) is 13.8 Å². The van der Waals surface area contributed by atoms with Gasteiger partial charge in [0.2, 0.25) is 0 Å². The largest absolute Gasteiger partial charge is 0.371 e. The molecule has 0 bridgehead atoms. The van der Waals surface area contributed by atoms with Gasteiger partial charge < -0.3 is 10.6 Å². The zero-order valence-corrected chi connectivity index (χ0v) is 11.1. The van der Waals surface area contributed by atoms with E-state index in [0.717, 1.165) is 19.4 Å². The molecule has 94 valence electrons. The zero-order chi connectivity index (χ0) is 12.3. The van der Waals surface area contributed by atoms with Crippen LogP contribution in [0.1, 0.15) is 36.0 Å². The normalized spacial score (nSPS) is 15.6. The number of rotatable bonds is 4. The second-order valence-electron chi connectivity index (χ2n) is 5.15. The van der Waals surface area contributed by atoms with E-state index < -0.39 is 0 Å². The Kier molecular flexibility index (Phi) is 4.06. The molecule has 1 aliphatic rings. The SMILES string of the molecule is Cc1cc(N2CCCC2)c(C)cc1CCCN. The number of nitrogens with zero attached hydrogens (tertiary/aromatic N) is 1. The molecule has 1 fully saturated rings. The Bertz CT molecular complexity index is 379. The first-order valence-corrected chi connectivity index (χ1v) is 6.77. The lowest BCUT2D eigenvalue weighted by Crippen LogP contribution is -2.19. The van der Waals surface area contributed by atoms with Gasteiger partial charge in [-0.25, -0.2) is 0 Å². The highest BCUT2D eigenvalue weighted by atomic mass is 15.1. The smallest absolute Gasteiger partial charge is 0.0398 e. The van der Waals surface area contributed by atoms with E-state index in [0.29, 0.717) is 0 Å². The molecule has 0 saturated carbocycles. The van der Waals surface area contributed by atoms with E-state index in [1.165, 1.54) is 48.3 Å². The Morgan fingerprint density at radius 3 is 2.47 bits per heavy atom. The third-order valence-electron chi connectivity index (χ3n) is 3.75. The van der Waals surface area contributed by atoms with Gasteiger partial charge in [0.25, 0.3) is 0 Å². The van der Waals surface area contributed by atoms with Crippen LogP contribution in [0.25, 0.3) is 0 Å². The van der Waals surface area contributed by atoms with Crippen LogP contribution in [0.3, 0.4) is 0 Å². The van der Waals surface area contributed by atoms with E-state index >= 15 is 0 Å². The average Bonchev–Trinajstić information content (AvgIpc) is 2.83. The van der Waals surface area contributed by atoms with Gasteiger partial charge in [0.1, 0.15) is 0 Å². The maximum Gasteiger partial charge on any atom is 0.0398 e. The van der Waals surface area contributed by atoms with Gasteiger partial charge in [-0.15, -0.1) is 0 Å². The molecule has 2 N–H and O–H groups in total. The highest BCUT2D eigenvalue weighted by Gasteiger charge is 2.15. The van der Waals surface area contributed by atoms with Crippen molar-refractivity contribution < 1.29 is 0 Å². The quantitative estimate of drug-likeness (QED) is 0.865. The molecule has 0 aliphatic carbocycles. The molecule has 0 aromatic heterocycles. The van der Waals surface area contributed by atoms with E-state index in [1.54, 1.807) is 0 Å². The molecule has 17 heavy (non-hydrogen) atoms. The predicted octanol–water partition coefficient (Wildman–Crippen LogP) is 2.79. The Hall–Kier alpha value is -1.02. The summed E-state index contributed by atoms with van der Waals surface area (Å²) in [6.45, 7) is 7.70. The average molecular weight is 232 g/mol. The van der Waals surface area contributed by atoms with Gasteiger partial charge in [-0.05, 0) is 68.8 Å². The fraction of sp³-hybridized carbons (Fsp3) is 0.600. The van der Waals surface area contributed by atoms with E-state index in [9.17, 15) is 0 Å². The van der Waals surface area contributed by atoms with Crippen molar-refractivity contribution in [2.75, 3.05) is 24.5 Å². The van der Waals surface area contributed by atoms with Crippen molar-refractivity contribution in [3.63, 3.8) is 0 Å². The molecule has 0 radical (unpaired) electrons. The molecule has 0 spiro atoms. The number of benzene rings is 1. The first kappa shape index (κ1) is 12.4. The predicted molar refractivity (Wildman–Crippen MR) is 74.7 cm³/mol. The lowest BCUT2D eigenvalue weighted by Gasteiger charge is -2.22.